The van der Waals surface area contributed by atoms with Crippen LogP contribution in [0.25, 0.3) is 0 Å². The zero-order valence-corrected chi connectivity index (χ0v) is 32.1. The van der Waals surface area contributed by atoms with Crippen molar-refractivity contribution in [1.82, 2.24) is 4.90 Å². The molecule has 0 spiro atoms. The maximum atomic E-state index is 12.6. The molecule has 0 aliphatic heterocycles. The van der Waals surface area contributed by atoms with Gasteiger partial charge in [-0.2, -0.15) is 0 Å². The minimum atomic E-state index is -0.0765. The Morgan fingerprint density at radius 3 is 1.38 bits per heavy atom. The van der Waals surface area contributed by atoms with Gasteiger partial charge in [0.15, 0.2) is 0 Å². The second-order valence-corrected chi connectivity index (χ2v) is 18.1. The molecule has 0 amide bonds. The van der Waals surface area contributed by atoms with Crippen LogP contribution < -0.4 is 0 Å². The highest BCUT2D eigenvalue weighted by molar-refractivity contribution is 5.70. The first-order valence-electron chi connectivity index (χ1n) is 19.8. The summed E-state index contributed by atoms with van der Waals surface area (Å²) in [5.41, 5.74) is 0.888. The van der Waals surface area contributed by atoms with Crippen LogP contribution in [0.4, 0.5) is 0 Å². The van der Waals surface area contributed by atoms with Crippen molar-refractivity contribution >= 4 is 17.9 Å². The molecule has 2 unspecified atom stereocenters. The molecule has 0 aromatic heterocycles. The maximum Gasteiger partial charge on any atom is 0.306 e. The van der Waals surface area contributed by atoms with Crippen molar-refractivity contribution in [2.45, 2.75) is 188 Å². The van der Waals surface area contributed by atoms with Gasteiger partial charge in [-0.15, -0.1) is 0 Å². The van der Waals surface area contributed by atoms with Crippen LogP contribution in [-0.2, 0) is 28.6 Å². The molecule has 7 nitrogen and oxygen atoms in total. The summed E-state index contributed by atoms with van der Waals surface area (Å²) in [6, 6.07) is 0. The summed E-state index contributed by atoms with van der Waals surface area (Å²) in [5, 5.41) is 0. The van der Waals surface area contributed by atoms with E-state index in [1.54, 1.807) is 0 Å². The summed E-state index contributed by atoms with van der Waals surface area (Å²) in [5.74, 6) is 1.33. The summed E-state index contributed by atoms with van der Waals surface area (Å²) >= 11 is 0. The van der Waals surface area contributed by atoms with Crippen molar-refractivity contribution in [3.05, 3.63) is 0 Å². The zero-order chi connectivity index (χ0) is 35.2. The number of fused-ring (bicyclic) bond motifs is 2. The van der Waals surface area contributed by atoms with E-state index in [1.807, 2.05) is 14.1 Å². The zero-order valence-electron chi connectivity index (χ0n) is 32.1. The number of hydrogen-bond donors (Lipinski definition) is 0. The molecule has 0 saturated heterocycles. The molecule has 4 aliphatic carbocycles. The van der Waals surface area contributed by atoms with Crippen molar-refractivity contribution in [1.29, 1.82) is 0 Å². The predicted molar refractivity (Wildman–Crippen MR) is 191 cm³/mol. The van der Waals surface area contributed by atoms with E-state index in [0.29, 0.717) is 30.1 Å². The van der Waals surface area contributed by atoms with Gasteiger partial charge in [0.05, 0.1) is 0 Å². The molecule has 0 heterocycles. The Morgan fingerprint density at radius 1 is 0.583 bits per heavy atom. The standard InChI is InChI=1S/C41H71NO6/c1-38(2)33(26-30-28-40(30,38)5)47-36(44)22-17-13-9-11-15-20-32(46-35(43)24-19-25-42(7)8)21-16-12-10-14-18-23-37(45)48-34-27-31-29-41(31,6)39(34,3)4/h30-34H,9-29H2,1-8H3/t30-,31-,32?,33-,34-,40?,41?/m0/s1. The number of nitrogens with zero attached hydrogens (tertiary/aromatic N) is 1. The Labute approximate surface area is 293 Å². The molecule has 6 atom stereocenters. The normalized spacial score (nSPS) is 31.2. The molecule has 276 valence electrons. The third-order valence-electron chi connectivity index (χ3n) is 14.0. The second-order valence-electron chi connectivity index (χ2n) is 18.1. The molecule has 4 aliphatic rings. The number of ether oxygens (including phenoxy) is 3. The summed E-state index contributed by atoms with van der Waals surface area (Å²) in [6.07, 6.45) is 19.1. The molecule has 0 radical (unpaired) electrons. The maximum absolute atomic E-state index is 12.6. The van der Waals surface area contributed by atoms with Crippen LogP contribution in [0.1, 0.15) is 170 Å². The molecule has 0 bridgehead atoms. The van der Waals surface area contributed by atoms with Gasteiger partial charge in [-0.3, -0.25) is 14.4 Å². The summed E-state index contributed by atoms with van der Waals surface area (Å²) in [7, 11) is 4.05. The lowest BCUT2D eigenvalue weighted by molar-refractivity contribution is -0.156. The highest BCUT2D eigenvalue weighted by atomic mass is 16.6. The SMILES string of the molecule is CN(C)CCCC(=O)OC(CCCCCCCC(=O)O[C@H]1C[C@H]2CC2(C)C1(C)C)CCCCCCCC(=O)O[C@H]1C[C@H]2CC2(C)C1(C)C. The second kappa shape index (κ2) is 16.6. The number of hydrogen-bond acceptors (Lipinski definition) is 7. The van der Waals surface area contributed by atoms with Gasteiger partial charge < -0.3 is 19.1 Å². The van der Waals surface area contributed by atoms with Gasteiger partial charge in [-0.1, -0.05) is 80.1 Å². The third kappa shape index (κ3) is 9.78. The monoisotopic (exact) mass is 674 g/mol. The quantitative estimate of drug-likeness (QED) is 0.0607. The van der Waals surface area contributed by atoms with E-state index < -0.39 is 0 Å². The number of carbonyl (C=O) groups excluding carboxylic acids is 3. The van der Waals surface area contributed by atoms with Crippen molar-refractivity contribution in [2.75, 3.05) is 20.6 Å². The number of esters is 3. The van der Waals surface area contributed by atoms with Crippen LogP contribution in [0, 0.1) is 33.5 Å². The molecule has 7 heteroatoms. The largest absolute Gasteiger partial charge is 0.462 e. The van der Waals surface area contributed by atoms with E-state index in [9.17, 15) is 14.4 Å². The third-order valence-corrected chi connectivity index (χ3v) is 14.0. The number of unbranched alkanes of at least 4 members (excludes halogenated alkanes) is 8. The van der Waals surface area contributed by atoms with Gasteiger partial charge in [-0.05, 0) is 114 Å². The van der Waals surface area contributed by atoms with E-state index in [1.165, 1.54) is 12.8 Å². The minimum Gasteiger partial charge on any atom is -0.462 e. The van der Waals surface area contributed by atoms with Crippen LogP contribution in [0.5, 0.6) is 0 Å². The van der Waals surface area contributed by atoms with E-state index in [4.69, 9.17) is 14.2 Å². The molecule has 4 saturated carbocycles. The minimum absolute atomic E-state index is 0.0208. The summed E-state index contributed by atoms with van der Waals surface area (Å²) in [4.78, 5) is 39.7. The first-order chi connectivity index (χ1) is 22.6. The van der Waals surface area contributed by atoms with Crippen molar-refractivity contribution < 1.29 is 28.6 Å². The van der Waals surface area contributed by atoms with Crippen LogP contribution in [0.3, 0.4) is 0 Å². The van der Waals surface area contributed by atoms with E-state index in [2.05, 4.69) is 46.4 Å². The van der Waals surface area contributed by atoms with Gasteiger partial charge in [0.1, 0.15) is 18.3 Å². The lowest BCUT2D eigenvalue weighted by Gasteiger charge is -2.34. The molecule has 48 heavy (non-hydrogen) atoms. The Bertz CT molecular complexity index is 1010. The lowest BCUT2D eigenvalue weighted by Crippen LogP contribution is -2.35. The average molecular weight is 674 g/mol. The lowest BCUT2D eigenvalue weighted by atomic mass is 9.76. The summed E-state index contributed by atoms with van der Waals surface area (Å²) < 4.78 is 17.8. The molecule has 0 aromatic carbocycles. The van der Waals surface area contributed by atoms with E-state index >= 15 is 0 Å². The Hall–Kier alpha value is -1.63. The molecule has 4 fully saturated rings. The topological polar surface area (TPSA) is 82.1 Å². The summed E-state index contributed by atoms with van der Waals surface area (Å²) in [6.45, 7) is 14.7. The highest BCUT2D eigenvalue weighted by Crippen LogP contribution is 2.73. The molecule has 4 rings (SSSR count). The predicted octanol–water partition coefficient (Wildman–Crippen LogP) is 9.44. The first-order valence-corrected chi connectivity index (χ1v) is 19.8. The highest BCUT2D eigenvalue weighted by Gasteiger charge is 2.69. The number of rotatable bonds is 23. The fourth-order valence-corrected chi connectivity index (χ4v) is 9.23. The van der Waals surface area contributed by atoms with E-state index in [0.717, 1.165) is 115 Å². The van der Waals surface area contributed by atoms with Crippen molar-refractivity contribution in [2.24, 2.45) is 33.5 Å². The Morgan fingerprint density at radius 2 is 0.979 bits per heavy atom. The van der Waals surface area contributed by atoms with Crippen LogP contribution in [0.2, 0.25) is 0 Å². The fraction of sp³-hybridized carbons (Fsp3) is 0.927. The Balaban J connectivity index is 1.04. The van der Waals surface area contributed by atoms with E-state index in [-0.39, 0.29) is 47.0 Å². The van der Waals surface area contributed by atoms with Gasteiger partial charge in [0.2, 0.25) is 0 Å². The number of carbonyl (C=O) groups is 3. The first kappa shape index (κ1) is 39.2. The van der Waals surface area contributed by atoms with Crippen molar-refractivity contribution in [3.8, 4) is 0 Å². The van der Waals surface area contributed by atoms with Gasteiger partial charge in [0, 0.05) is 30.1 Å². The molecular formula is C41H71NO6. The van der Waals surface area contributed by atoms with Crippen molar-refractivity contribution in [3.63, 3.8) is 0 Å². The van der Waals surface area contributed by atoms with Gasteiger partial charge in [0.25, 0.3) is 0 Å². The van der Waals surface area contributed by atoms with Gasteiger partial charge in [-0.25, -0.2) is 0 Å². The van der Waals surface area contributed by atoms with Crippen LogP contribution in [0.15, 0.2) is 0 Å². The molecule has 0 aromatic rings. The van der Waals surface area contributed by atoms with Crippen LogP contribution >= 0.6 is 0 Å². The Kier molecular flexibility index (Phi) is 13.5. The average Bonchev–Trinajstić information content (AvgIpc) is 3.84. The molecule has 0 N–H and O–H groups in total. The molecular weight excluding hydrogens is 602 g/mol. The smallest absolute Gasteiger partial charge is 0.306 e. The fourth-order valence-electron chi connectivity index (χ4n) is 9.23. The van der Waals surface area contributed by atoms with Gasteiger partial charge >= 0.3 is 17.9 Å². The van der Waals surface area contributed by atoms with Crippen LogP contribution in [-0.4, -0.2) is 61.8 Å².